The molecule has 1 aromatic carbocycles. The van der Waals surface area contributed by atoms with Gasteiger partial charge in [0.15, 0.2) is 0 Å². The van der Waals surface area contributed by atoms with Crippen molar-refractivity contribution in [3.05, 3.63) is 46.5 Å². The zero-order chi connectivity index (χ0) is 17.0. The number of rotatable bonds is 6. The highest BCUT2D eigenvalue weighted by atomic mass is 35.5. The van der Waals surface area contributed by atoms with E-state index in [4.69, 9.17) is 11.6 Å². The summed E-state index contributed by atoms with van der Waals surface area (Å²) in [5, 5.41) is 10.3. The molecule has 2 rings (SSSR count). The Labute approximate surface area is 139 Å². The van der Waals surface area contributed by atoms with Crippen molar-refractivity contribution in [3.63, 3.8) is 0 Å². The molecule has 0 radical (unpaired) electrons. The lowest BCUT2D eigenvalue weighted by atomic mass is 10.3. The fraction of sp³-hybridized carbons (Fsp3) is 0.375. The molecule has 1 amide bonds. The van der Waals surface area contributed by atoms with Crippen LogP contribution in [0.5, 0.6) is 0 Å². The normalized spacial score (nSPS) is 12.2. The number of aromatic nitrogens is 2. The SMILES string of the molecule is Cc1cc(C)n(CC(C)NCC(=O)Nc2ccc(Cl)cc2F)n1. The number of anilines is 1. The fourth-order valence-corrected chi connectivity index (χ4v) is 2.39. The summed E-state index contributed by atoms with van der Waals surface area (Å²) in [5.74, 6) is -0.868. The lowest BCUT2D eigenvalue weighted by Crippen LogP contribution is -2.37. The molecular weight excluding hydrogens is 319 g/mol. The maximum absolute atomic E-state index is 13.6. The third kappa shape index (κ3) is 5.04. The van der Waals surface area contributed by atoms with Crippen LogP contribution in [-0.4, -0.2) is 28.3 Å². The molecule has 2 aromatic rings. The van der Waals surface area contributed by atoms with Crippen molar-refractivity contribution in [1.29, 1.82) is 0 Å². The Kier molecular flexibility index (Phi) is 5.74. The molecule has 1 heterocycles. The highest BCUT2D eigenvalue weighted by Crippen LogP contribution is 2.18. The third-order valence-corrected chi connectivity index (χ3v) is 3.60. The number of aryl methyl sites for hydroxylation is 2. The van der Waals surface area contributed by atoms with Gasteiger partial charge in [0.2, 0.25) is 5.91 Å². The predicted molar refractivity (Wildman–Crippen MR) is 89.2 cm³/mol. The molecule has 0 aliphatic heterocycles. The van der Waals surface area contributed by atoms with E-state index in [1.54, 1.807) is 0 Å². The van der Waals surface area contributed by atoms with Crippen LogP contribution < -0.4 is 10.6 Å². The number of amides is 1. The van der Waals surface area contributed by atoms with Crippen molar-refractivity contribution in [2.45, 2.75) is 33.4 Å². The monoisotopic (exact) mass is 338 g/mol. The van der Waals surface area contributed by atoms with Gasteiger partial charge >= 0.3 is 0 Å². The van der Waals surface area contributed by atoms with Crippen molar-refractivity contribution in [2.75, 3.05) is 11.9 Å². The van der Waals surface area contributed by atoms with E-state index in [0.29, 0.717) is 6.54 Å². The molecular formula is C16H20ClFN4O. The predicted octanol–water partition coefficient (Wildman–Crippen LogP) is 2.91. The second-order valence-electron chi connectivity index (χ2n) is 5.56. The Morgan fingerprint density at radius 2 is 2.13 bits per heavy atom. The summed E-state index contributed by atoms with van der Waals surface area (Å²) in [6.07, 6.45) is 0. The van der Waals surface area contributed by atoms with E-state index in [-0.39, 0.29) is 29.2 Å². The zero-order valence-electron chi connectivity index (χ0n) is 13.4. The van der Waals surface area contributed by atoms with Crippen LogP contribution in [0, 0.1) is 19.7 Å². The summed E-state index contributed by atoms with van der Waals surface area (Å²) < 4.78 is 15.5. The molecule has 0 saturated heterocycles. The number of carbonyl (C=O) groups excluding carboxylic acids is 1. The van der Waals surface area contributed by atoms with Crippen LogP contribution >= 0.6 is 11.6 Å². The molecule has 5 nitrogen and oxygen atoms in total. The Morgan fingerprint density at radius 1 is 1.39 bits per heavy atom. The van der Waals surface area contributed by atoms with Gasteiger partial charge < -0.3 is 10.6 Å². The number of nitrogens with zero attached hydrogens (tertiary/aromatic N) is 2. The lowest BCUT2D eigenvalue weighted by Gasteiger charge is -2.15. The quantitative estimate of drug-likeness (QED) is 0.851. The molecule has 2 N–H and O–H groups in total. The number of hydrogen-bond donors (Lipinski definition) is 2. The second kappa shape index (κ2) is 7.57. The Morgan fingerprint density at radius 3 is 2.74 bits per heavy atom. The third-order valence-electron chi connectivity index (χ3n) is 3.37. The Hall–Kier alpha value is -1.92. The molecule has 0 bridgehead atoms. The van der Waals surface area contributed by atoms with Crippen LogP contribution in [0.4, 0.5) is 10.1 Å². The van der Waals surface area contributed by atoms with Gasteiger partial charge in [-0.1, -0.05) is 11.6 Å². The topological polar surface area (TPSA) is 59.0 Å². The number of nitrogens with one attached hydrogen (secondary N) is 2. The number of carbonyl (C=O) groups is 1. The second-order valence-corrected chi connectivity index (χ2v) is 6.00. The van der Waals surface area contributed by atoms with Crippen LogP contribution in [0.1, 0.15) is 18.3 Å². The Bertz CT molecular complexity index is 701. The lowest BCUT2D eigenvalue weighted by molar-refractivity contribution is -0.115. The summed E-state index contributed by atoms with van der Waals surface area (Å²) in [7, 11) is 0. The van der Waals surface area contributed by atoms with Gasteiger partial charge in [-0.25, -0.2) is 4.39 Å². The minimum absolute atomic E-state index is 0.0498. The standard InChI is InChI=1S/C16H20ClFN4O/c1-10-6-12(3)22(21-10)9-11(2)19-8-16(23)20-15-5-4-13(17)7-14(15)18/h4-7,11,19H,8-9H2,1-3H3,(H,20,23). The highest BCUT2D eigenvalue weighted by molar-refractivity contribution is 6.30. The first kappa shape index (κ1) is 17.4. The molecule has 1 atom stereocenters. The molecule has 0 saturated carbocycles. The minimum atomic E-state index is -0.554. The number of halogens is 2. The minimum Gasteiger partial charge on any atom is -0.322 e. The molecule has 7 heteroatoms. The number of benzene rings is 1. The van der Waals surface area contributed by atoms with Gasteiger partial charge in [-0.05, 0) is 45.0 Å². The maximum atomic E-state index is 13.6. The van der Waals surface area contributed by atoms with Gasteiger partial charge in [0, 0.05) is 16.8 Å². The van der Waals surface area contributed by atoms with Crippen LogP contribution in [0.25, 0.3) is 0 Å². The average molecular weight is 339 g/mol. The molecule has 1 unspecified atom stereocenters. The average Bonchev–Trinajstić information content (AvgIpc) is 2.78. The van der Waals surface area contributed by atoms with Crippen molar-refractivity contribution >= 4 is 23.2 Å². The summed E-state index contributed by atoms with van der Waals surface area (Å²) in [6.45, 7) is 6.63. The van der Waals surface area contributed by atoms with Gasteiger partial charge in [0.1, 0.15) is 5.82 Å². The smallest absolute Gasteiger partial charge is 0.238 e. The van der Waals surface area contributed by atoms with Crippen LogP contribution in [0.15, 0.2) is 24.3 Å². The van der Waals surface area contributed by atoms with Crippen LogP contribution in [-0.2, 0) is 11.3 Å². The zero-order valence-corrected chi connectivity index (χ0v) is 14.1. The van der Waals surface area contributed by atoms with Crippen molar-refractivity contribution in [3.8, 4) is 0 Å². The molecule has 0 spiro atoms. The van der Waals surface area contributed by atoms with E-state index < -0.39 is 5.82 Å². The van der Waals surface area contributed by atoms with E-state index in [2.05, 4.69) is 15.7 Å². The molecule has 0 aliphatic carbocycles. The molecule has 0 aliphatic rings. The van der Waals surface area contributed by atoms with E-state index in [9.17, 15) is 9.18 Å². The summed E-state index contributed by atoms with van der Waals surface area (Å²) in [6, 6.07) is 6.18. The van der Waals surface area contributed by atoms with E-state index in [0.717, 1.165) is 17.5 Å². The van der Waals surface area contributed by atoms with E-state index in [1.165, 1.54) is 12.1 Å². The van der Waals surface area contributed by atoms with Crippen molar-refractivity contribution in [2.24, 2.45) is 0 Å². The first-order valence-electron chi connectivity index (χ1n) is 7.34. The molecule has 1 aromatic heterocycles. The Balaban J connectivity index is 1.83. The van der Waals surface area contributed by atoms with Crippen LogP contribution in [0.2, 0.25) is 5.02 Å². The van der Waals surface area contributed by atoms with Gasteiger partial charge in [-0.3, -0.25) is 9.48 Å². The van der Waals surface area contributed by atoms with Gasteiger partial charge in [-0.2, -0.15) is 5.10 Å². The first-order chi connectivity index (χ1) is 10.8. The van der Waals surface area contributed by atoms with Gasteiger partial charge in [-0.15, -0.1) is 0 Å². The fourth-order valence-electron chi connectivity index (χ4n) is 2.24. The molecule has 124 valence electrons. The summed E-state index contributed by atoms with van der Waals surface area (Å²) in [4.78, 5) is 11.9. The van der Waals surface area contributed by atoms with E-state index in [1.807, 2.05) is 31.5 Å². The van der Waals surface area contributed by atoms with E-state index >= 15 is 0 Å². The molecule has 0 fully saturated rings. The highest BCUT2D eigenvalue weighted by Gasteiger charge is 2.11. The van der Waals surface area contributed by atoms with Gasteiger partial charge in [0.25, 0.3) is 0 Å². The van der Waals surface area contributed by atoms with Gasteiger partial charge in [0.05, 0.1) is 24.5 Å². The largest absolute Gasteiger partial charge is 0.322 e. The number of hydrogen-bond acceptors (Lipinski definition) is 3. The van der Waals surface area contributed by atoms with Crippen molar-refractivity contribution in [1.82, 2.24) is 15.1 Å². The van der Waals surface area contributed by atoms with Crippen LogP contribution in [0.3, 0.4) is 0 Å². The maximum Gasteiger partial charge on any atom is 0.238 e. The molecule has 23 heavy (non-hydrogen) atoms. The summed E-state index contributed by atoms with van der Waals surface area (Å²) in [5.41, 5.74) is 2.15. The summed E-state index contributed by atoms with van der Waals surface area (Å²) >= 11 is 5.67. The van der Waals surface area contributed by atoms with Crippen molar-refractivity contribution < 1.29 is 9.18 Å². The first-order valence-corrected chi connectivity index (χ1v) is 7.72.